The van der Waals surface area contributed by atoms with Crippen LogP contribution >= 0.6 is 0 Å². The van der Waals surface area contributed by atoms with E-state index in [-0.39, 0.29) is 13.2 Å². The van der Waals surface area contributed by atoms with Crippen LogP contribution in [0.25, 0.3) is 10.9 Å². The molecule has 0 saturated heterocycles. The third kappa shape index (κ3) is 3.96. The Bertz CT molecular complexity index is 677. The third-order valence-corrected chi connectivity index (χ3v) is 3.54. The summed E-state index contributed by atoms with van der Waals surface area (Å²) in [4.78, 5) is 11.1. The summed E-state index contributed by atoms with van der Waals surface area (Å²) in [6.07, 6.45) is 3.14. The van der Waals surface area contributed by atoms with Gasteiger partial charge in [0, 0.05) is 24.3 Å². The smallest absolute Gasteiger partial charge is 0.323 e. The highest BCUT2D eigenvalue weighted by molar-refractivity contribution is 5.88. The minimum absolute atomic E-state index is 0.0982. The maximum Gasteiger partial charge on any atom is 0.323 e. The molecular formula is C17H23NO5. The Morgan fingerprint density at radius 2 is 1.83 bits per heavy atom. The van der Waals surface area contributed by atoms with E-state index in [1.54, 1.807) is 4.57 Å². The molecule has 0 fully saturated rings. The van der Waals surface area contributed by atoms with Gasteiger partial charge >= 0.3 is 5.97 Å². The third-order valence-electron chi connectivity index (χ3n) is 3.54. The lowest BCUT2D eigenvalue weighted by Gasteiger charge is -2.12. The first-order chi connectivity index (χ1) is 11.1. The van der Waals surface area contributed by atoms with Crippen molar-refractivity contribution in [2.24, 2.45) is 0 Å². The lowest BCUT2D eigenvalue weighted by Crippen LogP contribution is -2.07. The molecule has 0 bridgehead atoms. The maximum absolute atomic E-state index is 11.1. The summed E-state index contributed by atoms with van der Waals surface area (Å²) in [7, 11) is 0. The van der Waals surface area contributed by atoms with Gasteiger partial charge in [-0.05, 0) is 38.3 Å². The summed E-state index contributed by atoms with van der Waals surface area (Å²) >= 11 is 0. The van der Waals surface area contributed by atoms with Crippen LogP contribution in [0.4, 0.5) is 0 Å². The van der Waals surface area contributed by atoms with Gasteiger partial charge in [0.25, 0.3) is 0 Å². The van der Waals surface area contributed by atoms with E-state index in [1.165, 1.54) is 0 Å². The predicted molar refractivity (Wildman–Crippen MR) is 87.3 cm³/mol. The number of carbonyl (C=O) groups is 1. The van der Waals surface area contributed by atoms with Crippen LogP contribution in [0.2, 0.25) is 0 Å². The first kappa shape index (κ1) is 17.1. The van der Waals surface area contributed by atoms with E-state index < -0.39 is 5.97 Å². The number of aliphatic hydroxyl groups is 1. The van der Waals surface area contributed by atoms with Crippen LogP contribution in [0, 0.1) is 0 Å². The lowest BCUT2D eigenvalue weighted by molar-refractivity contribution is -0.137. The molecule has 0 aliphatic rings. The van der Waals surface area contributed by atoms with E-state index in [0.717, 1.165) is 16.5 Å². The number of hydrogen-bond donors (Lipinski definition) is 2. The zero-order chi connectivity index (χ0) is 16.8. The number of rotatable bonds is 9. The number of aromatic nitrogens is 1. The molecule has 0 unspecified atom stereocenters. The van der Waals surface area contributed by atoms with Gasteiger partial charge in [0.1, 0.15) is 6.54 Å². The zero-order valence-electron chi connectivity index (χ0n) is 13.5. The van der Waals surface area contributed by atoms with Crippen molar-refractivity contribution in [1.29, 1.82) is 0 Å². The van der Waals surface area contributed by atoms with Gasteiger partial charge in [0.05, 0.1) is 18.7 Å². The Kier molecular flexibility index (Phi) is 5.87. The fraction of sp³-hybridized carbons (Fsp3) is 0.471. The van der Waals surface area contributed by atoms with Gasteiger partial charge in [-0.3, -0.25) is 4.79 Å². The Balaban J connectivity index is 2.57. The summed E-state index contributed by atoms with van der Waals surface area (Å²) < 4.78 is 13.0. The van der Waals surface area contributed by atoms with Gasteiger partial charge in [-0.15, -0.1) is 0 Å². The number of fused-ring (bicyclic) bond motifs is 1. The molecule has 6 heteroatoms. The second-order valence-electron chi connectivity index (χ2n) is 5.19. The highest BCUT2D eigenvalue weighted by atomic mass is 16.5. The lowest BCUT2D eigenvalue weighted by atomic mass is 10.1. The molecule has 1 aromatic carbocycles. The van der Waals surface area contributed by atoms with E-state index in [9.17, 15) is 4.79 Å². The number of aliphatic hydroxyl groups excluding tert-OH is 1. The molecular weight excluding hydrogens is 298 g/mol. The Labute approximate surface area is 135 Å². The second-order valence-corrected chi connectivity index (χ2v) is 5.19. The van der Waals surface area contributed by atoms with Crippen molar-refractivity contribution in [3.63, 3.8) is 0 Å². The average molecular weight is 321 g/mol. The van der Waals surface area contributed by atoms with Gasteiger partial charge in [-0.1, -0.05) is 0 Å². The Morgan fingerprint density at radius 3 is 2.39 bits per heavy atom. The molecule has 126 valence electrons. The van der Waals surface area contributed by atoms with Crippen LogP contribution < -0.4 is 9.47 Å². The molecule has 1 aromatic heterocycles. The van der Waals surface area contributed by atoms with Gasteiger partial charge in [-0.25, -0.2) is 0 Å². The maximum atomic E-state index is 11.1. The van der Waals surface area contributed by atoms with Crippen molar-refractivity contribution >= 4 is 16.9 Å². The number of carboxylic acids is 1. The molecule has 0 amide bonds. The normalized spacial score (nSPS) is 10.9. The summed E-state index contributed by atoms with van der Waals surface area (Å²) in [5, 5.41) is 19.1. The van der Waals surface area contributed by atoms with Crippen LogP contribution in [-0.4, -0.2) is 40.6 Å². The second kappa shape index (κ2) is 7.87. The van der Waals surface area contributed by atoms with Gasteiger partial charge in [0.2, 0.25) is 0 Å². The molecule has 2 rings (SSSR count). The molecule has 2 aromatic rings. The minimum Gasteiger partial charge on any atom is -0.490 e. The largest absolute Gasteiger partial charge is 0.490 e. The predicted octanol–water partition coefficient (Wildman–Crippen LogP) is 2.45. The average Bonchev–Trinajstić information content (AvgIpc) is 2.82. The van der Waals surface area contributed by atoms with Crippen LogP contribution in [-0.2, 0) is 17.8 Å². The molecule has 0 radical (unpaired) electrons. The van der Waals surface area contributed by atoms with Crippen molar-refractivity contribution in [3.8, 4) is 11.5 Å². The molecule has 23 heavy (non-hydrogen) atoms. The standard InChI is InChI=1S/C17H23NO5/c1-3-22-15-8-13-12(6-5-7-19)10-18(11-17(20)21)14(13)9-16(15)23-4-2/h8-10,19H,3-7,11H2,1-2H3,(H,20,21). The highest BCUT2D eigenvalue weighted by Gasteiger charge is 2.15. The summed E-state index contributed by atoms with van der Waals surface area (Å²) in [6.45, 7) is 4.80. The first-order valence-electron chi connectivity index (χ1n) is 7.84. The first-order valence-corrected chi connectivity index (χ1v) is 7.84. The quantitative estimate of drug-likeness (QED) is 0.741. The summed E-state index contributed by atoms with van der Waals surface area (Å²) in [5.74, 6) is 0.364. The molecule has 2 N–H and O–H groups in total. The van der Waals surface area contributed by atoms with Crippen LogP contribution in [0.1, 0.15) is 25.8 Å². The fourth-order valence-corrected chi connectivity index (χ4v) is 2.65. The molecule has 0 saturated carbocycles. The van der Waals surface area contributed by atoms with E-state index in [2.05, 4.69) is 0 Å². The van der Waals surface area contributed by atoms with E-state index in [4.69, 9.17) is 19.7 Å². The zero-order valence-corrected chi connectivity index (χ0v) is 13.5. The summed E-state index contributed by atoms with van der Waals surface area (Å²) in [6, 6.07) is 3.73. The number of aliphatic carboxylic acids is 1. The van der Waals surface area contributed by atoms with E-state index in [0.29, 0.717) is 37.6 Å². The summed E-state index contributed by atoms with van der Waals surface area (Å²) in [5.41, 5.74) is 1.80. The highest BCUT2D eigenvalue weighted by Crippen LogP contribution is 2.35. The number of nitrogens with zero attached hydrogens (tertiary/aromatic N) is 1. The van der Waals surface area contributed by atoms with E-state index >= 15 is 0 Å². The van der Waals surface area contributed by atoms with Gasteiger partial charge in [-0.2, -0.15) is 0 Å². The number of carboxylic acid groups (broad SMARTS) is 1. The number of benzene rings is 1. The van der Waals surface area contributed by atoms with Gasteiger partial charge < -0.3 is 24.3 Å². The monoisotopic (exact) mass is 321 g/mol. The molecule has 1 heterocycles. The minimum atomic E-state index is -0.901. The van der Waals surface area contributed by atoms with Crippen LogP contribution in [0.5, 0.6) is 11.5 Å². The number of ether oxygens (including phenoxy) is 2. The number of hydrogen-bond acceptors (Lipinski definition) is 4. The van der Waals surface area contributed by atoms with Crippen molar-refractivity contribution in [2.75, 3.05) is 19.8 Å². The van der Waals surface area contributed by atoms with Crippen LogP contribution in [0.3, 0.4) is 0 Å². The van der Waals surface area contributed by atoms with Crippen LogP contribution in [0.15, 0.2) is 18.3 Å². The SMILES string of the molecule is CCOc1cc2c(CCCO)cn(CC(=O)O)c2cc1OCC. The van der Waals surface area contributed by atoms with E-state index in [1.807, 2.05) is 32.2 Å². The Hall–Kier alpha value is -2.21. The van der Waals surface area contributed by atoms with Crippen molar-refractivity contribution in [2.45, 2.75) is 33.2 Å². The molecule has 0 atom stereocenters. The molecule has 0 aliphatic carbocycles. The molecule has 0 aliphatic heterocycles. The Morgan fingerprint density at radius 1 is 1.17 bits per heavy atom. The van der Waals surface area contributed by atoms with Crippen molar-refractivity contribution in [1.82, 2.24) is 4.57 Å². The molecule has 6 nitrogen and oxygen atoms in total. The van der Waals surface area contributed by atoms with Crippen molar-refractivity contribution in [3.05, 3.63) is 23.9 Å². The van der Waals surface area contributed by atoms with Crippen molar-refractivity contribution < 1.29 is 24.5 Å². The molecule has 0 spiro atoms. The topological polar surface area (TPSA) is 80.9 Å². The fourth-order valence-electron chi connectivity index (χ4n) is 2.65. The number of aryl methyl sites for hydroxylation is 1. The van der Waals surface area contributed by atoms with Gasteiger partial charge in [0.15, 0.2) is 11.5 Å².